The van der Waals surface area contributed by atoms with Crippen LogP contribution < -0.4 is 4.68 Å². The molecule has 4 nitrogen and oxygen atoms in total. The fourth-order valence-electron chi connectivity index (χ4n) is 3.97. The second-order valence-corrected chi connectivity index (χ2v) is 6.74. The molecule has 0 radical (unpaired) electrons. The molecule has 1 aromatic heterocycles. The highest BCUT2D eigenvalue weighted by atomic mass is 16.6. The molecule has 2 heterocycles. The van der Waals surface area contributed by atoms with Crippen LogP contribution in [-0.2, 0) is 28.0 Å². The number of esters is 1. The first-order valence-corrected chi connectivity index (χ1v) is 9.11. The number of aromatic nitrogens is 2. The van der Waals surface area contributed by atoms with Gasteiger partial charge in [0.1, 0.15) is 5.41 Å². The molecule has 0 amide bonds. The fraction of sp³-hybridized carbons (Fsp3) is 0.273. The summed E-state index contributed by atoms with van der Waals surface area (Å²) in [7, 11) is 0. The summed E-state index contributed by atoms with van der Waals surface area (Å²) in [5.74, 6) is -0.157. The molecule has 4 rings (SSSR count). The Balaban J connectivity index is 1.72. The molecule has 1 saturated heterocycles. The molecule has 0 N–H and O–H groups in total. The molecule has 1 aliphatic heterocycles. The van der Waals surface area contributed by atoms with E-state index in [0.29, 0.717) is 13.0 Å². The van der Waals surface area contributed by atoms with Gasteiger partial charge >= 0.3 is 5.97 Å². The van der Waals surface area contributed by atoms with Crippen LogP contribution >= 0.6 is 0 Å². The predicted molar refractivity (Wildman–Crippen MR) is 98.5 cm³/mol. The minimum Gasteiger partial charge on any atom is -0.455 e. The van der Waals surface area contributed by atoms with Gasteiger partial charge in [-0.2, -0.15) is 4.68 Å². The number of ether oxygens (including phenoxy) is 1. The van der Waals surface area contributed by atoms with E-state index in [4.69, 9.17) is 4.74 Å². The van der Waals surface area contributed by atoms with E-state index in [0.717, 1.165) is 17.7 Å². The van der Waals surface area contributed by atoms with Crippen molar-refractivity contribution in [2.24, 2.45) is 0 Å². The van der Waals surface area contributed by atoms with Crippen LogP contribution in [0.5, 0.6) is 0 Å². The van der Waals surface area contributed by atoms with Crippen molar-refractivity contribution in [3.05, 3.63) is 90.3 Å². The van der Waals surface area contributed by atoms with Crippen molar-refractivity contribution in [2.45, 2.75) is 38.0 Å². The van der Waals surface area contributed by atoms with Crippen LogP contribution in [0.25, 0.3) is 0 Å². The van der Waals surface area contributed by atoms with Crippen molar-refractivity contribution < 1.29 is 14.2 Å². The zero-order valence-corrected chi connectivity index (χ0v) is 14.9. The molecule has 4 heteroatoms. The van der Waals surface area contributed by atoms with Crippen LogP contribution in [0.4, 0.5) is 0 Å². The molecule has 2 aromatic carbocycles. The maximum absolute atomic E-state index is 13.2. The van der Waals surface area contributed by atoms with Crippen molar-refractivity contribution in [1.29, 1.82) is 0 Å². The van der Waals surface area contributed by atoms with Crippen molar-refractivity contribution in [1.82, 2.24) is 4.68 Å². The van der Waals surface area contributed by atoms with Gasteiger partial charge in [-0.05, 0) is 18.1 Å². The zero-order valence-electron chi connectivity index (χ0n) is 14.9. The van der Waals surface area contributed by atoms with Crippen molar-refractivity contribution in [3.8, 4) is 0 Å². The largest absolute Gasteiger partial charge is 0.455 e. The first-order valence-electron chi connectivity index (χ1n) is 9.11. The Hall–Kier alpha value is -2.88. The van der Waals surface area contributed by atoms with Gasteiger partial charge in [-0.3, -0.25) is 4.79 Å². The average Bonchev–Trinajstić information content (AvgIpc) is 3.27. The van der Waals surface area contributed by atoms with Crippen LogP contribution in [0.2, 0.25) is 0 Å². The molecule has 3 aromatic rings. The number of rotatable bonds is 5. The van der Waals surface area contributed by atoms with E-state index in [1.807, 2.05) is 79.1 Å². The molecule has 0 aliphatic carbocycles. The number of hydrogen-bond donors (Lipinski definition) is 0. The van der Waals surface area contributed by atoms with Gasteiger partial charge < -0.3 is 4.74 Å². The van der Waals surface area contributed by atoms with Gasteiger partial charge in [0.2, 0.25) is 6.54 Å². The van der Waals surface area contributed by atoms with E-state index in [9.17, 15) is 4.79 Å². The Morgan fingerprint density at radius 1 is 1.04 bits per heavy atom. The lowest BCUT2D eigenvalue weighted by atomic mass is 9.72. The fourth-order valence-corrected chi connectivity index (χ4v) is 3.97. The van der Waals surface area contributed by atoms with Crippen molar-refractivity contribution in [3.63, 3.8) is 0 Å². The molecule has 26 heavy (non-hydrogen) atoms. The summed E-state index contributed by atoms with van der Waals surface area (Å²) in [4.78, 5) is 13.2. The number of carbonyl (C=O) groups is 1. The number of benzene rings is 2. The minimum atomic E-state index is -0.739. The third kappa shape index (κ3) is 2.71. The Morgan fingerprint density at radius 2 is 1.65 bits per heavy atom. The molecule has 0 saturated carbocycles. The second kappa shape index (κ2) is 6.79. The summed E-state index contributed by atoms with van der Waals surface area (Å²) in [5, 5.41) is 0. The molecule has 1 unspecified atom stereocenters. The highest BCUT2D eigenvalue weighted by Crippen LogP contribution is 2.43. The van der Waals surface area contributed by atoms with Gasteiger partial charge in [0.15, 0.2) is 12.3 Å². The van der Waals surface area contributed by atoms with E-state index in [2.05, 4.69) is 16.3 Å². The Morgan fingerprint density at radius 3 is 2.23 bits per heavy atom. The quantitative estimate of drug-likeness (QED) is 0.525. The van der Waals surface area contributed by atoms with E-state index in [1.165, 1.54) is 0 Å². The topological polar surface area (TPSA) is 35.1 Å². The minimum absolute atomic E-state index is 0.157. The summed E-state index contributed by atoms with van der Waals surface area (Å²) in [6.45, 7) is 3.65. The first kappa shape index (κ1) is 16.6. The van der Waals surface area contributed by atoms with E-state index in [1.54, 1.807) is 0 Å². The highest BCUT2D eigenvalue weighted by Gasteiger charge is 2.52. The Kier molecular flexibility index (Phi) is 4.33. The van der Waals surface area contributed by atoms with Gasteiger partial charge in [-0.15, -0.1) is 4.68 Å². The maximum atomic E-state index is 13.2. The number of nitrogens with zero attached hydrogens (tertiary/aromatic N) is 2. The molecule has 1 aliphatic rings. The first-order chi connectivity index (χ1) is 12.7. The van der Waals surface area contributed by atoms with Gasteiger partial charge in [0.05, 0.1) is 12.7 Å². The maximum Gasteiger partial charge on any atom is 0.321 e. The summed E-state index contributed by atoms with van der Waals surface area (Å²) in [6, 6.07) is 22.0. The summed E-state index contributed by atoms with van der Waals surface area (Å²) in [5.41, 5.74) is 1.25. The number of aryl methyl sites for hydroxylation is 1. The van der Waals surface area contributed by atoms with Crippen LogP contribution in [0, 0.1) is 0 Å². The normalized spacial score (nSPS) is 18.7. The summed E-state index contributed by atoms with van der Waals surface area (Å²) in [6.07, 6.45) is 4.55. The molecule has 1 fully saturated rings. The van der Waals surface area contributed by atoms with E-state index < -0.39 is 5.41 Å². The molecular weight excluding hydrogens is 324 g/mol. The van der Waals surface area contributed by atoms with Crippen molar-refractivity contribution >= 4 is 5.97 Å². The van der Waals surface area contributed by atoms with E-state index in [-0.39, 0.29) is 12.1 Å². The van der Waals surface area contributed by atoms with Crippen LogP contribution in [0.3, 0.4) is 0 Å². The van der Waals surface area contributed by atoms with Gasteiger partial charge in [-0.25, -0.2) is 0 Å². The summed E-state index contributed by atoms with van der Waals surface area (Å²) >= 11 is 0. The summed E-state index contributed by atoms with van der Waals surface area (Å²) < 4.78 is 10.1. The lowest BCUT2D eigenvalue weighted by Crippen LogP contribution is -2.46. The van der Waals surface area contributed by atoms with Crippen LogP contribution in [-0.4, -0.2) is 16.8 Å². The SMILES string of the molecule is CCn1ccc[n+]1CC1CC(c2ccccc2)(c2ccccc2)C(=O)O1. The molecule has 1 atom stereocenters. The van der Waals surface area contributed by atoms with Crippen molar-refractivity contribution in [2.75, 3.05) is 0 Å². The van der Waals surface area contributed by atoms with Crippen LogP contribution in [0.1, 0.15) is 24.5 Å². The smallest absolute Gasteiger partial charge is 0.321 e. The zero-order chi connectivity index (χ0) is 18.0. The molecule has 132 valence electrons. The molecule has 0 spiro atoms. The third-order valence-corrected chi connectivity index (χ3v) is 5.25. The number of cyclic esters (lactones) is 1. The average molecular weight is 347 g/mol. The van der Waals surface area contributed by atoms with Crippen LogP contribution in [0.15, 0.2) is 79.1 Å². The van der Waals surface area contributed by atoms with Gasteiger partial charge in [0, 0.05) is 12.5 Å². The number of hydrogen-bond acceptors (Lipinski definition) is 2. The number of carbonyl (C=O) groups excluding carboxylic acids is 1. The van der Waals surface area contributed by atoms with Gasteiger partial charge in [0.25, 0.3) is 0 Å². The highest BCUT2D eigenvalue weighted by molar-refractivity contribution is 5.89. The van der Waals surface area contributed by atoms with E-state index >= 15 is 0 Å². The lowest BCUT2D eigenvalue weighted by molar-refractivity contribution is -0.779. The second-order valence-electron chi connectivity index (χ2n) is 6.74. The Labute approximate surface area is 153 Å². The third-order valence-electron chi connectivity index (χ3n) is 5.25. The Bertz CT molecular complexity index is 847. The standard InChI is InChI=1S/C22H23N2O2/c1-2-23-14-9-15-24(23)17-20-16-22(21(25)26-20,18-10-5-3-6-11-18)19-12-7-4-8-13-19/h3-15,20H,2,16-17H2,1H3/q+1. The van der Waals surface area contributed by atoms with Gasteiger partial charge in [-0.1, -0.05) is 60.7 Å². The monoisotopic (exact) mass is 347 g/mol. The molecular formula is C22H23N2O2+. The lowest BCUT2D eigenvalue weighted by Gasteiger charge is -2.26. The predicted octanol–water partition coefficient (Wildman–Crippen LogP) is 3.10. The molecule has 0 bridgehead atoms.